The van der Waals surface area contributed by atoms with Gasteiger partial charge in [-0.1, -0.05) is 13.2 Å². The van der Waals surface area contributed by atoms with E-state index in [1.165, 1.54) is 12.2 Å². The minimum absolute atomic E-state index is 0.639. The topological polar surface area (TPSA) is 109 Å². The van der Waals surface area contributed by atoms with E-state index in [-0.39, 0.29) is 0 Å². The zero-order chi connectivity index (χ0) is 12.7. The number of carbonyl (C=O) groups excluding carboxylic acids is 2. The smallest absolute Gasteiger partial charge is 0.314 e. The van der Waals surface area contributed by atoms with Gasteiger partial charge in [-0.15, -0.1) is 0 Å². The number of carbonyl (C=O) groups is 4. The van der Waals surface area contributed by atoms with Gasteiger partial charge in [-0.2, -0.15) is 0 Å². The van der Waals surface area contributed by atoms with Crippen molar-refractivity contribution in [3.8, 4) is 0 Å². The van der Waals surface area contributed by atoms with Crippen molar-refractivity contribution < 1.29 is 29.4 Å². The molecule has 0 spiro atoms. The summed E-state index contributed by atoms with van der Waals surface area (Å²) in [5, 5.41) is 15.4. The maximum Gasteiger partial charge on any atom is 0.314 e. The Labute approximate surface area is 86.5 Å². The van der Waals surface area contributed by atoms with Crippen molar-refractivity contribution in [1.82, 2.24) is 0 Å². The molecule has 0 unspecified atom stereocenters. The summed E-state index contributed by atoms with van der Waals surface area (Å²) in [6, 6.07) is 0. The average Bonchev–Trinajstić information content (AvgIpc) is 2.16. The number of carboxylic acid groups (broad SMARTS) is 2. The monoisotopic (exact) mass is 216 g/mol. The normalized spacial score (nSPS) is 6.40. The second-order valence-electron chi connectivity index (χ2n) is 1.71. The van der Waals surface area contributed by atoms with Crippen molar-refractivity contribution in [1.29, 1.82) is 0 Å². The van der Waals surface area contributed by atoms with Gasteiger partial charge < -0.3 is 10.2 Å². The maximum absolute atomic E-state index is 9.43. The number of aldehydes is 2. The Hall–Kier alpha value is -2.24. The number of hydrogen-bond acceptors (Lipinski definition) is 4. The SMILES string of the molecule is C=CC=O.C=CC=O.O=C(O)CC(=O)O. The molecule has 15 heavy (non-hydrogen) atoms. The van der Waals surface area contributed by atoms with E-state index in [0.717, 1.165) is 0 Å². The maximum atomic E-state index is 9.43. The van der Waals surface area contributed by atoms with Crippen LogP contribution in [0.15, 0.2) is 25.3 Å². The van der Waals surface area contributed by atoms with Gasteiger partial charge in [0, 0.05) is 0 Å². The summed E-state index contributed by atoms with van der Waals surface area (Å²) in [7, 11) is 0. The van der Waals surface area contributed by atoms with E-state index < -0.39 is 18.4 Å². The van der Waals surface area contributed by atoms with Crippen molar-refractivity contribution >= 4 is 24.5 Å². The van der Waals surface area contributed by atoms with Gasteiger partial charge >= 0.3 is 11.9 Å². The summed E-state index contributed by atoms with van der Waals surface area (Å²) >= 11 is 0. The lowest BCUT2D eigenvalue weighted by atomic mass is 10.5. The van der Waals surface area contributed by atoms with E-state index in [2.05, 4.69) is 13.2 Å². The number of carboxylic acids is 2. The first-order valence-electron chi connectivity index (χ1n) is 3.52. The first-order chi connectivity index (χ1) is 6.95. The fraction of sp³-hybridized carbons (Fsp3) is 0.111. The molecule has 0 heterocycles. The van der Waals surface area contributed by atoms with Crippen LogP contribution in [-0.4, -0.2) is 34.7 Å². The summed E-state index contributed by atoms with van der Waals surface area (Å²) < 4.78 is 0. The lowest BCUT2D eigenvalue weighted by Crippen LogP contribution is -2.03. The average molecular weight is 216 g/mol. The van der Waals surface area contributed by atoms with Crippen molar-refractivity contribution in [2.45, 2.75) is 6.42 Å². The zero-order valence-electron chi connectivity index (χ0n) is 7.96. The molecular weight excluding hydrogens is 204 g/mol. The largest absolute Gasteiger partial charge is 0.481 e. The van der Waals surface area contributed by atoms with Crippen molar-refractivity contribution in [3.63, 3.8) is 0 Å². The highest BCUT2D eigenvalue weighted by atomic mass is 16.4. The second kappa shape index (κ2) is 17.7. The molecule has 0 saturated heterocycles. The molecule has 0 atom stereocenters. The minimum Gasteiger partial charge on any atom is -0.481 e. The fourth-order valence-electron chi connectivity index (χ4n) is 0.129. The molecule has 0 rings (SSSR count). The Morgan fingerprint density at radius 1 is 0.933 bits per heavy atom. The number of rotatable bonds is 4. The van der Waals surface area contributed by atoms with Crippen LogP contribution in [0.2, 0.25) is 0 Å². The van der Waals surface area contributed by atoms with Gasteiger partial charge in [0.25, 0.3) is 0 Å². The van der Waals surface area contributed by atoms with Crippen LogP contribution < -0.4 is 0 Å². The summed E-state index contributed by atoms with van der Waals surface area (Å²) in [5.74, 6) is -2.62. The van der Waals surface area contributed by atoms with Gasteiger partial charge in [0.2, 0.25) is 0 Å². The number of allylic oxidation sites excluding steroid dienone is 2. The van der Waals surface area contributed by atoms with E-state index in [9.17, 15) is 9.59 Å². The third-order valence-corrected chi connectivity index (χ3v) is 0.495. The molecule has 0 fully saturated rings. The first kappa shape index (κ1) is 18.5. The Balaban J connectivity index is -0.000000155. The minimum atomic E-state index is -1.31. The molecule has 6 heteroatoms. The van der Waals surface area contributed by atoms with Gasteiger partial charge in [-0.05, 0) is 12.2 Å². The molecule has 0 radical (unpaired) electrons. The third-order valence-electron chi connectivity index (χ3n) is 0.495. The molecule has 84 valence electrons. The highest BCUT2D eigenvalue weighted by molar-refractivity contribution is 5.88. The predicted octanol–water partition coefficient (Wildman–Crippen LogP) is 0.288. The van der Waals surface area contributed by atoms with Crippen LogP contribution in [-0.2, 0) is 19.2 Å². The lowest BCUT2D eigenvalue weighted by molar-refractivity contribution is -0.147. The second-order valence-corrected chi connectivity index (χ2v) is 1.71. The van der Waals surface area contributed by atoms with E-state index in [4.69, 9.17) is 19.8 Å². The lowest BCUT2D eigenvalue weighted by Gasteiger charge is -1.80. The Morgan fingerprint density at radius 2 is 1.13 bits per heavy atom. The quantitative estimate of drug-likeness (QED) is 0.397. The Kier molecular flexibility index (Phi) is 21.9. The summed E-state index contributed by atoms with van der Waals surface area (Å²) in [5.41, 5.74) is 0. The van der Waals surface area contributed by atoms with E-state index in [1.807, 2.05) is 0 Å². The molecule has 0 saturated carbocycles. The van der Waals surface area contributed by atoms with E-state index >= 15 is 0 Å². The zero-order valence-corrected chi connectivity index (χ0v) is 7.96. The van der Waals surface area contributed by atoms with Gasteiger partial charge in [-0.3, -0.25) is 19.2 Å². The molecular formula is C9H12O6. The molecule has 0 aromatic heterocycles. The summed E-state index contributed by atoms with van der Waals surface area (Å²) in [6.45, 7) is 6.22. The molecule has 0 aromatic rings. The molecule has 0 aromatic carbocycles. The van der Waals surface area contributed by atoms with Crippen molar-refractivity contribution in [2.24, 2.45) is 0 Å². The van der Waals surface area contributed by atoms with Crippen LogP contribution in [0.4, 0.5) is 0 Å². The fourth-order valence-corrected chi connectivity index (χ4v) is 0.129. The van der Waals surface area contributed by atoms with Crippen LogP contribution in [0, 0.1) is 0 Å². The highest BCUT2D eigenvalue weighted by Gasteiger charge is 2.01. The van der Waals surface area contributed by atoms with Crippen LogP contribution in [0.5, 0.6) is 0 Å². The van der Waals surface area contributed by atoms with E-state index in [0.29, 0.717) is 12.6 Å². The predicted molar refractivity (Wildman–Crippen MR) is 52.4 cm³/mol. The number of hydrogen-bond donors (Lipinski definition) is 2. The summed E-state index contributed by atoms with van der Waals surface area (Å²) in [6.07, 6.45) is 2.86. The standard InChI is InChI=1S/C3H4O4.2C3H4O/c4-2(5)1-3(6)7;2*1-2-3-4/h1H2,(H,4,5)(H,6,7);2*2-3H,1H2. The molecule has 0 aliphatic rings. The van der Waals surface area contributed by atoms with Gasteiger partial charge in [0.05, 0.1) is 0 Å². The molecule has 0 aliphatic carbocycles. The van der Waals surface area contributed by atoms with Crippen LogP contribution >= 0.6 is 0 Å². The Morgan fingerprint density at radius 3 is 1.13 bits per heavy atom. The third kappa shape index (κ3) is 79.2. The molecule has 2 N–H and O–H groups in total. The van der Waals surface area contributed by atoms with E-state index in [1.54, 1.807) is 0 Å². The van der Waals surface area contributed by atoms with Gasteiger partial charge in [0.15, 0.2) is 0 Å². The first-order valence-corrected chi connectivity index (χ1v) is 3.52. The van der Waals surface area contributed by atoms with Crippen molar-refractivity contribution in [2.75, 3.05) is 0 Å². The van der Waals surface area contributed by atoms with Gasteiger partial charge in [0.1, 0.15) is 19.0 Å². The molecule has 6 nitrogen and oxygen atoms in total. The molecule has 0 aliphatic heterocycles. The van der Waals surface area contributed by atoms with Crippen LogP contribution in [0.25, 0.3) is 0 Å². The van der Waals surface area contributed by atoms with Crippen LogP contribution in [0.1, 0.15) is 6.42 Å². The molecule has 0 amide bonds. The van der Waals surface area contributed by atoms with Crippen molar-refractivity contribution in [3.05, 3.63) is 25.3 Å². The highest BCUT2D eigenvalue weighted by Crippen LogP contribution is 1.74. The van der Waals surface area contributed by atoms with Gasteiger partial charge in [-0.25, -0.2) is 0 Å². The Bertz CT molecular complexity index is 195. The molecule has 0 bridgehead atoms. The van der Waals surface area contributed by atoms with Crippen LogP contribution in [0.3, 0.4) is 0 Å². The number of aliphatic carboxylic acids is 2. The summed E-state index contributed by atoms with van der Waals surface area (Å²) in [4.78, 5) is 37.0.